The smallest absolute Gasteiger partial charge is 0.226 e. The Bertz CT molecular complexity index is 485. The molecular formula is C14H24N2O3S. The highest BCUT2D eigenvalue weighted by Gasteiger charge is 2.32. The Morgan fingerprint density at radius 1 is 1.40 bits per heavy atom. The number of allylic oxidation sites excluding steroid dienone is 1. The molecule has 1 saturated heterocycles. The molecule has 1 aliphatic carbocycles. The molecule has 0 radical (unpaired) electrons. The predicted molar refractivity (Wildman–Crippen MR) is 78.7 cm³/mol. The molecule has 0 bridgehead atoms. The SMILES string of the molecule is CNS(=O)(=O)C[C@H]1CCCN1C(=O)CC1=CCCCC1. The Labute approximate surface area is 121 Å². The maximum atomic E-state index is 12.4. The van der Waals surface area contributed by atoms with E-state index in [0.717, 1.165) is 32.1 Å². The number of carbonyl (C=O) groups is 1. The average molecular weight is 300 g/mol. The maximum Gasteiger partial charge on any atom is 0.226 e. The van der Waals surface area contributed by atoms with E-state index in [1.807, 2.05) is 0 Å². The molecule has 2 rings (SSSR count). The van der Waals surface area contributed by atoms with Crippen LogP contribution < -0.4 is 4.72 Å². The second kappa shape index (κ2) is 6.72. The minimum atomic E-state index is -3.26. The van der Waals surface area contributed by atoms with Gasteiger partial charge in [0.2, 0.25) is 15.9 Å². The van der Waals surface area contributed by atoms with Crippen molar-refractivity contribution in [1.82, 2.24) is 9.62 Å². The van der Waals surface area contributed by atoms with Gasteiger partial charge in [0.05, 0.1) is 5.75 Å². The van der Waals surface area contributed by atoms with Crippen LogP contribution in [0.1, 0.15) is 44.9 Å². The molecule has 0 unspecified atom stereocenters. The van der Waals surface area contributed by atoms with Crippen molar-refractivity contribution in [3.8, 4) is 0 Å². The Morgan fingerprint density at radius 3 is 2.85 bits per heavy atom. The number of rotatable bonds is 5. The van der Waals surface area contributed by atoms with E-state index in [-0.39, 0.29) is 17.7 Å². The minimum Gasteiger partial charge on any atom is -0.338 e. The lowest BCUT2D eigenvalue weighted by Crippen LogP contribution is -2.41. The summed E-state index contributed by atoms with van der Waals surface area (Å²) >= 11 is 0. The largest absolute Gasteiger partial charge is 0.338 e. The molecule has 0 aromatic heterocycles. The summed E-state index contributed by atoms with van der Waals surface area (Å²) in [6, 6.07) is -0.163. The monoisotopic (exact) mass is 300 g/mol. The van der Waals surface area contributed by atoms with Crippen molar-refractivity contribution in [2.75, 3.05) is 19.3 Å². The first-order valence-corrected chi connectivity index (χ1v) is 9.05. The third-order valence-corrected chi connectivity index (χ3v) is 5.63. The second-order valence-electron chi connectivity index (χ2n) is 5.65. The summed E-state index contributed by atoms with van der Waals surface area (Å²) in [5.74, 6) is 0.112. The molecule has 1 amide bonds. The third-order valence-electron chi connectivity index (χ3n) is 4.18. The van der Waals surface area contributed by atoms with E-state index in [2.05, 4.69) is 10.8 Å². The van der Waals surface area contributed by atoms with Gasteiger partial charge in [-0.3, -0.25) is 4.79 Å². The fourth-order valence-corrected chi connectivity index (χ4v) is 4.05. The fourth-order valence-electron chi connectivity index (χ4n) is 3.03. The van der Waals surface area contributed by atoms with Gasteiger partial charge in [-0.2, -0.15) is 0 Å². The number of amides is 1. The van der Waals surface area contributed by atoms with Gasteiger partial charge in [0.1, 0.15) is 0 Å². The van der Waals surface area contributed by atoms with Crippen LogP contribution in [0.3, 0.4) is 0 Å². The molecule has 0 aromatic carbocycles. The third kappa shape index (κ3) is 4.06. The van der Waals surface area contributed by atoms with E-state index >= 15 is 0 Å². The van der Waals surface area contributed by atoms with Gasteiger partial charge in [0, 0.05) is 19.0 Å². The number of nitrogens with zero attached hydrogens (tertiary/aromatic N) is 1. The summed E-state index contributed by atoms with van der Waals surface area (Å²) in [4.78, 5) is 14.1. The lowest BCUT2D eigenvalue weighted by molar-refractivity contribution is -0.130. The van der Waals surface area contributed by atoms with Crippen molar-refractivity contribution in [2.45, 2.75) is 51.0 Å². The van der Waals surface area contributed by atoms with Gasteiger partial charge in [0.25, 0.3) is 0 Å². The molecule has 0 aromatic rings. The highest BCUT2D eigenvalue weighted by molar-refractivity contribution is 7.89. The topological polar surface area (TPSA) is 66.5 Å². The van der Waals surface area contributed by atoms with Crippen molar-refractivity contribution in [2.24, 2.45) is 0 Å². The summed E-state index contributed by atoms with van der Waals surface area (Å²) in [6.07, 6.45) is 8.79. The molecule has 1 atom stereocenters. The zero-order valence-corrected chi connectivity index (χ0v) is 12.9. The van der Waals surface area contributed by atoms with E-state index in [4.69, 9.17) is 0 Å². The Morgan fingerprint density at radius 2 is 2.20 bits per heavy atom. The Kier molecular flexibility index (Phi) is 5.21. The molecule has 1 N–H and O–H groups in total. The highest BCUT2D eigenvalue weighted by Crippen LogP contribution is 2.24. The summed E-state index contributed by atoms with van der Waals surface area (Å²) < 4.78 is 25.6. The maximum absolute atomic E-state index is 12.4. The number of likely N-dealkylation sites (tertiary alicyclic amines) is 1. The van der Waals surface area contributed by atoms with E-state index in [9.17, 15) is 13.2 Å². The summed E-state index contributed by atoms with van der Waals surface area (Å²) in [5.41, 5.74) is 1.23. The first-order chi connectivity index (χ1) is 9.52. The average Bonchev–Trinajstić information content (AvgIpc) is 2.87. The van der Waals surface area contributed by atoms with Crippen LogP contribution in [0.5, 0.6) is 0 Å². The molecule has 1 fully saturated rings. The van der Waals surface area contributed by atoms with Gasteiger partial charge in [-0.1, -0.05) is 11.6 Å². The Hall–Kier alpha value is -0.880. The van der Waals surface area contributed by atoms with Crippen LogP contribution >= 0.6 is 0 Å². The quantitative estimate of drug-likeness (QED) is 0.781. The van der Waals surface area contributed by atoms with Gasteiger partial charge in [-0.15, -0.1) is 0 Å². The molecule has 0 saturated carbocycles. The highest BCUT2D eigenvalue weighted by atomic mass is 32.2. The summed E-state index contributed by atoms with van der Waals surface area (Å²) in [6.45, 7) is 0.690. The van der Waals surface area contributed by atoms with Gasteiger partial charge in [-0.05, 0) is 45.6 Å². The van der Waals surface area contributed by atoms with Gasteiger partial charge < -0.3 is 4.90 Å². The van der Waals surface area contributed by atoms with Crippen LogP contribution in [0.2, 0.25) is 0 Å². The fraction of sp³-hybridized carbons (Fsp3) is 0.786. The van der Waals surface area contributed by atoms with Gasteiger partial charge >= 0.3 is 0 Å². The number of hydrogen-bond donors (Lipinski definition) is 1. The molecule has 1 heterocycles. The van der Waals surface area contributed by atoms with Crippen molar-refractivity contribution >= 4 is 15.9 Å². The van der Waals surface area contributed by atoms with Crippen molar-refractivity contribution in [1.29, 1.82) is 0 Å². The van der Waals surface area contributed by atoms with E-state index in [1.54, 1.807) is 4.90 Å². The minimum absolute atomic E-state index is 0.0221. The zero-order valence-electron chi connectivity index (χ0n) is 12.1. The normalized spacial score (nSPS) is 23.8. The lowest BCUT2D eigenvalue weighted by atomic mass is 9.97. The zero-order chi connectivity index (χ0) is 14.6. The van der Waals surface area contributed by atoms with Crippen molar-refractivity contribution in [3.05, 3.63) is 11.6 Å². The van der Waals surface area contributed by atoms with Crippen LogP contribution in [-0.2, 0) is 14.8 Å². The molecular weight excluding hydrogens is 276 g/mol. The Balaban J connectivity index is 1.96. The molecule has 5 nitrogen and oxygen atoms in total. The van der Waals surface area contributed by atoms with Crippen LogP contribution in [0.15, 0.2) is 11.6 Å². The standard InChI is InChI=1S/C14H24N2O3S/c1-15-20(18,19)11-13-8-5-9-16(13)14(17)10-12-6-3-2-4-7-12/h6,13,15H,2-5,7-11H2,1H3/t13-/m1/s1. The van der Waals surface area contributed by atoms with Crippen LogP contribution in [-0.4, -0.2) is 44.6 Å². The van der Waals surface area contributed by atoms with E-state index < -0.39 is 10.0 Å². The van der Waals surface area contributed by atoms with Crippen molar-refractivity contribution < 1.29 is 13.2 Å². The van der Waals surface area contributed by atoms with Crippen LogP contribution in [0.25, 0.3) is 0 Å². The first kappa shape index (κ1) is 15.5. The molecule has 114 valence electrons. The van der Waals surface area contributed by atoms with Gasteiger partial charge in [-0.25, -0.2) is 13.1 Å². The number of hydrogen-bond acceptors (Lipinski definition) is 3. The molecule has 2 aliphatic rings. The summed E-state index contributed by atoms with van der Waals surface area (Å²) in [7, 11) is -1.84. The van der Waals surface area contributed by atoms with Gasteiger partial charge in [0.15, 0.2) is 0 Å². The molecule has 1 aliphatic heterocycles. The van der Waals surface area contributed by atoms with E-state index in [0.29, 0.717) is 13.0 Å². The number of carbonyl (C=O) groups excluding carboxylic acids is 1. The molecule has 6 heteroatoms. The van der Waals surface area contributed by atoms with Crippen molar-refractivity contribution in [3.63, 3.8) is 0 Å². The molecule has 0 spiro atoms. The predicted octanol–water partition coefficient (Wildman–Crippen LogP) is 1.42. The van der Waals surface area contributed by atoms with Crippen LogP contribution in [0, 0.1) is 0 Å². The lowest BCUT2D eigenvalue weighted by Gasteiger charge is -2.25. The van der Waals surface area contributed by atoms with Crippen LogP contribution in [0.4, 0.5) is 0 Å². The van der Waals surface area contributed by atoms with E-state index in [1.165, 1.54) is 19.0 Å². The molecule has 20 heavy (non-hydrogen) atoms. The second-order valence-corrected chi connectivity index (χ2v) is 7.62. The first-order valence-electron chi connectivity index (χ1n) is 7.40. The number of nitrogens with one attached hydrogen (secondary N) is 1. The summed E-state index contributed by atoms with van der Waals surface area (Å²) in [5, 5.41) is 0. The number of sulfonamides is 1.